The van der Waals surface area contributed by atoms with Gasteiger partial charge in [-0.05, 0) is 25.8 Å². The molecule has 0 aliphatic heterocycles. The van der Waals surface area contributed by atoms with E-state index < -0.39 is 0 Å². The summed E-state index contributed by atoms with van der Waals surface area (Å²) in [5.74, 6) is 1.46. The average molecular weight is 293 g/mol. The molecule has 20 heavy (non-hydrogen) atoms. The smallest absolute Gasteiger partial charge is 0.158 e. The van der Waals surface area contributed by atoms with Crippen LogP contribution in [0.15, 0.2) is 6.07 Å². The van der Waals surface area contributed by atoms with Gasteiger partial charge in [-0.2, -0.15) is 5.10 Å². The maximum absolute atomic E-state index is 6.15. The molecule has 2 heterocycles. The third-order valence-corrected chi connectivity index (χ3v) is 3.56. The summed E-state index contributed by atoms with van der Waals surface area (Å²) in [5, 5.41) is 5.03. The molecule has 0 bridgehead atoms. The molecule has 5 heteroatoms. The minimum atomic E-state index is -0.149. The van der Waals surface area contributed by atoms with Gasteiger partial charge in [-0.25, -0.2) is 14.6 Å². The van der Waals surface area contributed by atoms with Gasteiger partial charge in [-0.1, -0.05) is 39.3 Å². The normalized spacial score (nSPS) is 11.9. The average Bonchev–Trinajstić information content (AvgIpc) is 2.62. The quantitative estimate of drug-likeness (QED) is 0.791. The molecule has 4 nitrogen and oxygen atoms in total. The fourth-order valence-corrected chi connectivity index (χ4v) is 2.44. The Morgan fingerprint density at radius 1 is 1.20 bits per heavy atom. The van der Waals surface area contributed by atoms with Crippen molar-refractivity contribution in [1.82, 2.24) is 19.7 Å². The minimum Gasteiger partial charge on any atom is -0.220 e. The van der Waals surface area contributed by atoms with Gasteiger partial charge in [0.05, 0.1) is 5.69 Å². The lowest BCUT2D eigenvalue weighted by Gasteiger charge is -2.17. The number of aromatic nitrogens is 4. The first-order valence-electron chi connectivity index (χ1n) is 6.84. The van der Waals surface area contributed by atoms with Crippen molar-refractivity contribution < 1.29 is 0 Å². The van der Waals surface area contributed by atoms with Crippen LogP contribution in [-0.2, 0) is 11.8 Å². The van der Waals surface area contributed by atoms with Crippen LogP contribution in [0.2, 0.25) is 5.15 Å². The van der Waals surface area contributed by atoms with Crippen LogP contribution < -0.4 is 0 Å². The molecule has 0 amide bonds. The van der Waals surface area contributed by atoms with Crippen LogP contribution in [0.5, 0.6) is 0 Å². The first-order valence-corrected chi connectivity index (χ1v) is 7.22. The second-order valence-electron chi connectivity index (χ2n) is 6.04. The van der Waals surface area contributed by atoms with E-state index in [0.29, 0.717) is 5.15 Å². The van der Waals surface area contributed by atoms with E-state index in [1.54, 1.807) is 6.07 Å². The zero-order chi connectivity index (χ0) is 15.1. The predicted molar refractivity (Wildman–Crippen MR) is 81.7 cm³/mol. The van der Waals surface area contributed by atoms with Crippen molar-refractivity contribution in [2.24, 2.45) is 0 Å². The molecule has 0 N–H and O–H groups in total. The highest BCUT2D eigenvalue weighted by molar-refractivity contribution is 6.29. The molecule has 108 valence electrons. The topological polar surface area (TPSA) is 43.6 Å². The van der Waals surface area contributed by atoms with Crippen molar-refractivity contribution in [3.8, 4) is 5.82 Å². The Morgan fingerprint density at radius 3 is 2.35 bits per heavy atom. The number of hydrogen-bond donors (Lipinski definition) is 0. The summed E-state index contributed by atoms with van der Waals surface area (Å²) in [7, 11) is 0. The Labute approximate surface area is 125 Å². The number of aryl methyl sites for hydroxylation is 1. The standard InChI is InChI=1S/C15H21ClN4/c1-7-11-9(2)19-20(10(11)3)13-8-12(16)17-14(18-13)15(4,5)6/h8H,7H2,1-6H3. The molecule has 0 saturated heterocycles. The molecule has 2 aromatic rings. The molecule has 2 rings (SSSR count). The maximum atomic E-state index is 6.15. The largest absolute Gasteiger partial charge is 0.220 e. The Bertz CT molecular complexity index is 638. The van der Waals surface area contributed by atoms with Crippen molar-refractivity contribution in [3.05, 3.63) is 34.0 Å². The first kappa shape index (κ1) is 15.0. The van der Waals surface area contributed by atoms with Gasteiger partial charge >= 0.3 is 0 Å². The van der Waals surface area contributed by atoms with Crippen molar-refractivity contribution in [2.45, 2.75) is 53.4 Å². The second-order valence-corrected chi connectivity index (χ2v) is 6.42. The lowest BCUT2D eigenvalue weighted by molar-refractivity contribution is 0.541. The summed E-state index contributed by atoms with van der Waals surface area (Å²) in [6, 6.07) is 1.76. The molecule has 0 aliphatic carbocycles. The fraction of sp³-hybridized carbons (Fsp3) is 0.533. The van der Waals surface area contributed by atoms with Gasteiger partial charge in [-0.3, -0.25) is 0 Å². The molecular weight excluding hydrogens is 272 g/mol. The monoisotopic (exact) mass is 292 g/mol. The van der Waals surface area contributed by atoms with Crippen molar-refractivity contribution >= 4 is 11.6 Å². The lowest BCUT2D eigenvalue weighted by atomic mass is 9.96. The van der Waals surface area contributed by atoms with Crippen LogP contribution in [0.4, 0.5) is 0 Å². The Kier molecular flexibility index (Phi) is 3.87. The summed E-state index contributed by atoms with van der Waals surface area (Å²) in [4.78, 5) is 8.95. The molecule has 2 aromatic heterocycles. The van der Waals surface area contributed by atoms with Crippen molar-refractivity contribution in [1.29, 1.82) is 0 Å². The number of nitrogens with zero attached hydrogens (tertiary/aromatic N) is 4. The molecule has 0 fully saturated rings. The van der Waals surface area contributed by atoms with Gasteiger partial charge < -0.3 is 0 Å². The number of halogens is 1. The summed E-state index contributed by atoms with van der Waals surface area (Å²) in [6.07, 6.45) is 0.961. The van der Waals surface area contributed by atoms with Crippen molar-refractivity contribution in [2.75, 3.05) is 0 Å². The van der Waals surface area contributed by atoms with Gasteiger partial charge in [0.1, 0.15) is 11.0 Å². The number of rotatable bonds is 2. The van der Waals surface area contributed by atoms with E-state index in [1.165, 1.54) is 5.56 Å². The Hall–Kier alpha value is -1.42. The highest BCUT2D eigenvalue weighted by Crippen LogP contribution is 2.23. The van der Waals surface area contributed by atoms with E-state index in [2.05, 4.69) is 49.7 Å². The van der Waals surface area contributed by atoms with E-state index in [1.807, 2.05) is 11.6 Å². The molecule has 0 atom stereocenters. The van der Waals surface area contributed by atoms with E-state index >= 15 is 0 Å². The van der Waals surface area contributed by atoms with E-state index in [4.69, 9.17) is 11.6 Å². The van der Waals surface area contributed by atoms with Gasteiger partial charge in [0.2, 0.25) is 0 Å². The fourth-order valence-electron chi connectivity index (χ4n) is 2.26. The molecular formula is C15H21ClN4. The van der Waals surface area contributed by atoms with Crippen LogP contribution >= 0.6 is 11.6 Å². The van der Waals surface area contributed by atoms with Gasteiger partial charge in [0.25, 0.3) is 0 Å². The Morgan fingerprint density at radius 2 is 1.85 bits per heavy atom. The molecule has 0 unspecified atom stereocenters. The third kappa shape index (κ3) is 2.70. The first-order chi connectivity index (χ1) is 9.24. The third-order valence-electron chi connectivity index (χ3n) is 3.36. The lowest BCUT2D eigenvalue weighted by Crippen LogP contribution is -2.18. The van der Waals surface area contributed by atoms with Crippen molar-refractivity contribution in [3.63, 3.8) is 0 Å². The predicted octanol–water partition coefficient (Wildman–Crippen LogP) is 3.79. The molecule has 0 aromatic carbocycles. The van der Waals surface area contributed by atoms with E-state index in [0.717, 1.165) is 29.5 Å². The van der Waals surface area contributed by atoms with Crippen LogP contribution in [0, 0.1) is 13.8 Å². The zero-order valence-corrected chi connectivity index (χ0v) is 13.7. The molecule has 0 aliphatic rings. The minimum absolute atomic E-state index is 0.149. The molecule has 0 spiro atoms. The number of hydrogen-bond acceptors (Lipinski definition) is 3. The van der Waals surface area contributed by atoms with E-state index in [-0.39, 0.29) is 5.41 Å². The summed E-state index contributed by atoms with van der Waals surface area (Å²) >= 11 is 6.15. The SMILES string of the molecule is CCc1c(C)nn(-c2cc(Cl)nc(C(C)(C)C)n2)c1C. The summed E-state index contributed by atoms with van der Waals surface area (Å²) < 4.78 is 1.86. The molecule has 0 saturated carbocycles. The highest BCUT2D eigenvalue weighted by Gasteiger charge is 2.20. The van der Waals surface area contributed by atoms with Crippen LogP contribution in [0.3, 0.4) is 0 Å². The summed E-state index contributed by atoms with van der Waals surface area (Å²) in [5.41, 5.74) is 3.26. The summed E-state index contributed by atoms with van der Waals surface area (Å²) in [6.45, 7) is 12.4. The Balaban J connectivity index is 2.62. The van der Waals surface area contributed by atoms with Crippen LogP contribution in [0.1, 0.15) is 50.5 Å². The molecule has 0 radical (unpaired) electrons. The van der Waals surface area contributed by atoms with Gasteiger partial charge in [0, 0.05) is 17.2 Å². The van der Waals surface area contributed by atoms with Crippen LogP contribution in [-0.4, -0.2) is 19.7 Å². The van der Waals surface area contributed by atoms with Gasteiger partial charge in [-0.15, -0.1) is 0 Å². The van der Waals surface area contributed by atoms with Crippen LogP contribution in [0.25, 0.3) is 5.82 Å². The van der Waals surface area contributed by atoms with Gasteiger partial charge in [0.15, 0.2) is 5.82 Å². The highest BCUT2D eigenvalue weighted by atomic mass is 35.5. The zero-order valence-electron chi connectivity index (χ0n) is 13.0. The second kappa shape index (κ2) is 5.17. The van der Waals surface area contributed by atoms with E-state index in [9.17, 15) is 0 Å². The maximum Gasteiger partial charge on any atom is 0.158 e.